The molecule has 0 amide bonds. The van der Waals surface area contributed by atoms with Gasteiger partial charge in [-0.1, -0.05) is 36.0 Å². The second-order valence-electron chi connectivity index (χ2n) is 3.70. The Bertz CT molecular complexity index is 362. The minimum Gasteiger partial charge on any atom is -0.121 e. The summed E-state index contributed by atoms with van der Waals surface area (Å²) in [5.74, 6) is 0. The van der Waals surface area contributed by atoms with Crippen molar-refractivity contribution in [3.63, 3.8) is 0 Å². The third kappa shape index (κ3) is 2.85. The quantitative estimate of drug-likeness (QED) is 0.620. The summed E-state index contributed by atoms with van der Waals surface area (Å²) >= 11 is 17.5. The summed E-state index contributed by atoms with van der Waals surface area (Å²) in [6.45, 7) is 0. The van der Waals surface area contributed by atoms with E-state index in [2.05, 4.69) is 15.9 Å². The van der Waals surface area contributed by atoms with Crippen LogP contribution in [-0.2, 0) is 0 Å². The maximum atomic E-state index is 6.19. The number of hydrogen-bond acceptors (Lipinski definition) is 1. The van der Waals surface area contributed by atoms with E-state index in [1.54, 1.807) is 0 Å². The fourth-order valence-corrected chi connectivity index (χ4v) is 4.03. The third-order valence-corrected chi connectivity index (χ3v) is 5.88. The zero-order valence-electron chi connectivity index (χ0n) is 8.10. The first-order valence-corrected chi connectivity index (χ1v) is 7.41. The lowest BCUT2D eigenvalue weighted by Crippen LogP contribution is -1.93. The van der Waals surface area contributed by atoms with Gasteiger partial charge in [-0.05, 0) is 40.9 Å². The number of rotatable bonds is 2. The van der Waals surface area contributed by atoms with Crippen LogP contribution in [0.1, 0.15) is 25.7 Å². The van der Waals surface area contributed by atoms with Crippen LogP contribution in [0.25, 0.3) is 0 Å². The number of thioether (sulfide) groups is 1. The van der Waals surface area contributed by atoms with Gasteiger partial charge in [-0.25, -0.2) is 0 Å². The van der Waals surface area contributed by atoms with Crippen LogP contribution >= 0.6 is 50.9 Å². The van der Waals surface area contributed by atoms with Gasteiger partial charge >= 0.3 is 0 Å². The second kappa shape index (κ2) is 5.31. The average Bonchev–Trinajstić information content (AvgIpc) is 2.72. The SMILES string of the molecule is Clc1c(Br)ccc(SC2CCCC2)c1Cl. The standard InChI is InChI=1S/C11H11BrCl2S/c12-8-5-6-9(11(14)10(8)13)15-7-3-1-2-4-7/h5-7H,1-4H2. The predicted molar refractivity (Wildman–Crippen MR) is 72.3 cm³/mol. The highest BCUT2D eigenvalue weighted by Gasteiger charge is 2.18. The molecule has 1 aromatic carbocycles. The molecule has 0 unspecified atom stereocenters. The Morgan fingerprint density at radius 3 is 2.47 bits per heavy atom. The Labute approximate surface area is 113 Å². The van der Waals surface area contributed by atoms with Crippen molar-refractivity contribution in [2.75, 3.05) is 0 Å². The van der Waals surface area contributed by atoms with E-state index in [0.29, 0.717) is 10.0 Å². The Morgan fingerprint density at radius 1 is 1.13 bits per heavy atom. The number of hydrogen-bond donors (Lipinski definition) is 0. The van der Waals surface area contributed by atoms with Crippen molar-refractivity contribution >= 4 is 50.9 Å². The molecule has 1 aliphatic carbocycles. The van der Waals surface area contributed by atoms with Gasteiger partial charge in [-0.2, -0.15) is 0 Å². The summed E-state index contributed by atoms with van der Waals surface area (Å²) < 4.78 is 0.866. The molecule has 1 fully saturated rings. The third-order valence-electron chi connectivity index (χ3n) is 2.60. The largest absolute Gasteiger partial charge is 0.121 e. The first-order valence-electron chi connectivity index (χ1n) is 4.98. The van der Waals surface area contributed by atoms with E-state index in [4.69, 9.17) is 23.2 Å². The molecule has 1 saturated carbocycles. The molecule has 15 heavy (non-hydrogen) atoms. The van der Waals surface area contributed by atoms with Gasteiger partial charge in [0.25, 0.3) is 0 Å². The highest BCUT2D eigenvalue weighted by atomic mass is 79.9. The molecule has 0 radical (unpaired) electrons. The average molecular weight is 326 g/mol. The van der Waals surface area contributed by atoms with E-state index < -0.39 is 0 Å². The first-order chi connectivity index (χ1) is 7.18. The zero-order valence-corrected chi connectivity index (χ0v) is 12.0. The van der Waals surface area contributed by atoms with Crippen molar-refractivity contribution in [2.24, 2.45) is 0 Å². The van der Waals surface area contributed by atoms with Gasteiger partial charge in [-0.3, -0.25) is 0 Å². The summed E-state index contributed by atoms with van der Waals surface area (Å²) in [5.41, 5.74) is 0. The predicted octanol–water partition coefficient (Wildman–Crippen LogP) is 5.79. The Kier molecular flexibility index (Phi) is 4.28. The summed E-state index contributed by atoms with van der Waals surface area (Å²) in [6, 6.07) is 4.01. The van der Waals surface area contributed by atoms with E-state index in [1.165, 1.54) is 25.7 Å². The van der Waals surface area contributed by atoms with E-state index in [0.717, 1.165) is 14.6 Å². The van der Waals surface area contributed by atoms with Crippen molar-refractivity contribution < 1.29 is 0 Å². The normalized spacial score (nSPS) is 17.3. The van der Waals surface area contributed by atoms with Crippen LogP contribution in [0.3, 0.4) is 0 Å². The monoisotopic (exact) mass is 324 g/mol. The van der Waals surface area contributed by atoms with Crippen LogP contribution in [0, 0.1) is 0 Å². The lowest BCUT2D eigenvalue weighted by Gasteiger charge is -2.11. The van der Waals surface area contributed by atoms with Crippen LogP contribution in [0.2, 0.25) is 10.0 Å². The van der Waals surface area contributed by atoms with E-state index in [9.17, 15) is 0 Å². The van der Waals surface area contributed by atoms with Crippen molar-refractivity contribution in [2.45, 2.75) is 35.8 Å². The molecule has 0 nitrogen and oxygen atoms in total. The molecule has 4 heteroatoms. The van der Waals surface area contributed by atoms with E-state index in [1.807, 2.05) is 23.9 Å². The second-order valence-corrected chi connectivity index (χ2v) is 6.65. The van der Waals surface area contributed by atoms with Crippen molar-refractivity contribution in [3.8, 4) is 0 Å². The Hall–Kier alpha value is 0.630. The minimum absolute atomic E-state index is 0.625. The van der Waals surface area contributed by atoms with Gasteiger partial charge in [0, 0.05) is 14.6 Å². The van der Waals surface area contributed by atoms with Crippen LogP contribution in [0.15, 0.2) is 21.5 Å². The minimum atomic E-state index is 0.625. The Balaban J connectivity index is 2.17. The Morgan fingerprint density at radius 2 is 1.80 bits per heavy atom. The molecule has 82 valence electrons. The summed E-state index contributed by atoms with van der Waals surface area (Å²) in [5, 5.41) is 2.03. The lowest BCUT2D eigenvalue weighted by atomic mass is 10.3. The van der Waals surface area contributed by atoms with Gasteiger partial charge in [0.2, 0.25) is 0 Å². The van der Waals surface area contributed by atoms with Gasteiger partial charge in [0.15, 0.2) is 0 Å². The van der Waals surface area contributed by atoms with Crippen LogP contribution in [0.4, 0.5) is 0 Å². The molecule has 0 N–H and O–H groups in total. The fourth-order valence-electron chi connectivity index (χ4n) is 1.78. The molecule has 2 rings (SSSR count). The maximum absolute atomic E-state index is 6.19. The van der Waals surface area contributed by atoms with Gasteiger partial charge in [0.1, 0.15) is 0 Å². The summed E-state index contributed by atoms with van der Waals surface area (Å²) in [6.07, 6.45) is 5.29. The van der Waals surface area contributed by atoms with Crippen LogP contribution < -0.4 is 0 Å². The van der Waals surface area contributed by atoms with Crippen molar-refractivity contribution in [3.05, 3.63) is 26.7 Å². The first kappa shape index (κ1) is 12.1. The molecule has 0 aromatic heterocycles. The van der Waals surface area contributed by atoms with Gasteiger partial charge < -0.3 is 0 Å². The molecule has 1 aromatic rings. The molecule has 0 saturated heterocycles. The molecule has 0 aliphatic heterocycles. The van der Waals surface area contributed by atoms with Crippen LogP contribution in [-0.4, -0.2) is 5.25 Å². The zero-order chi connectivity index (χ0) is 10.8. The topological polar surface area (TPSA) is 0 Å². The molecule has 0 atom stereocenters. The summed E-state index contributed by atoms with van der Waals surface area (Å²) in [4.78, 5) is 1.11. The lowest BCUT2D eigenvalue weighted by molar-refractivity contribution is 0.886. The maximum Gasteiger partial charge on any atom is 0.0745 e. The molecule has 0 heterocycles. The molecule has 1 aliphatic rings. The van der Waals surface area contributed by atoms with Gasteiger partial charge in [0.05, 0.1) is 10.0 Å². The molecular formula is C11H11BrCl2S. The van der Waals surface area contributed by atoms with E-state index in [-0.39, 0.29) is 0 Å². The molecular weight excluding hydrogens is 315 g/mol. The van der Waals surface area contributed by atoms with Crippen LogP contribution in [0.5, 0.6) is 0 Å². The van der Waals surface area contributed by atoms with Crippen molar-refractivity contribution in [1.82, 2.24) is 0 Å². The molecule has 0 spiro atoms. The molecule has 0 bridgehead atoms. The van der Waals surface area contributed by atoms with Gasteiger partial charge in [-0.15, -0.1) is 11.8 Å². The van der Waals surface area contributed by atoms with E-state index >= 15 is 0 Å². The van der Waals surface area contributed by atoms with Crippen molar-refractivity contribution in [1.29, 1.82) is 0 Å². The number of halogens is 3. The highest BCUT2D eigenvalue weighted by molar-refractivity contribution is 9.10. The fraction of sp³-hybridized carbons (Fsp3) is 0.455. The highest BCUT2D eigenvalue weighted by Crippen LogP contribution is 2.42. The smallest absolute Gasteiger partial charge is 0.0745 e. The number of benzene rings is 1. The summed E-state index contributed by atoms with van der Waals surface area (Å²) in [7, 11) is 0.